The van der Waals surface area contributed by atoms with Gasteiger partial charge in [0.25, 0.3) is 0 Å². The highest BCUT2D eigenvalue weighted by Gasteiger charge is 2.44. The van der Waals surface area contributed by atoms with Crippen LogP contribution in [-0.2, 0) is 9.59 Å². The molecule has 3 aromatic carbocycles. The molecular formula is C31H32Cl2N2O5. The first-order chi connectivity index (χ1) is 18.9. The zero-order valence-corrected chi connectivity index (χ0v) is 24.3. The molecule has 3 atom stereocenters. The highest BCUT2D eigenvalue weighted by atomic mass is 35.5. The number of ether oxygens (including phenoxy) is 1. The van der Waals surface area contributed by atoms with Gasteiger partial charge in [-0.15, -0.1) is 0 Å². The predicted octanol–water partition coefficient (Wildman–Crippen LogP) is 7.28. The highest BCUT2D eigenvalue weighted by Crippen LogP contribution is 2.45. The number of nitrogens with one attached hydrogen (secondary N) is 1. The first-order valence-electron chi connectivity index (χ1n) is 13.0. The van der Waals surface area contributed by atoms with E-state index in [4.69, 9.17) is 27.9 Å². The molecule has 0 bridgehead atoms. The van der Waals surface area contributed by atoms with Gasteiger partial charge in [0.15, 0.2) is 5.78 Å². The molecule has 210 valence electrons. The lowest BCUT2D eigenvalue weighted by Gasteiger charge is -2.44. The Hall–Kier alpha value is -3.55. The van der Waals surface area contributed by atoms with Crippen LogP contribution in [-0.4, -0.2) is 35.4 Å². The van der Waals surface area contributed by atoms with Crippen LogP contribution in [0.3, 0.4) is 0 Å². The van der Waals surface area contributed by atoms with E-state index in [1.54, 1.807) is 79.4 Å². The number of rotatable bonds is 9. The SMILES string of the molecule is CC(=O)N(c1ccc(Cl)cc1)[C@H]1c2cc(Cl)ccc2N[C@@H](C)C1C(=O)c1ccc(OCCC(C)(C)C(=O)O)cc1. The van der Waals surface area contributed by atoms with Gasteiger partial charge < -0.3 is 20.1 Å². The molecule has 0 saturated carbocycles. The van der Waals surface area contributed by atoms with Gasteiger partial charge in [-0.05, 0) is 93.9 Å². The van der Waals surface area contributed by atoms with Gasteiger partial charge in [-0.2, -0.15) is 0 Å². The number of amides is 1. The molecule has 1 heterocycles. The number of carbonyl (C=O) groups excluding carboxylic acids is 2. The zero-order chi connectivity index (χ0) is 29.2. The summed E-state index contributed by atoms with van der Waals surface area (Å²) >= 11 is 12.5. The normalized spacial score (nSPS) is 18.3. The lowest BCUT2D eigenvalue weighted by atomic mass is 9.77. The molecule has 1 aliphatic heterocycles. The predicted molar refractivity (Wildman–Crippen MR) is 158 cm³/mol. The molecule has 0 saturated heterocycles. The minimum Gasteiger partial charge on any atom is -0.494 e. The molecule has 2 N–H and O–H groups in total. The maximum absolute atomic E-state index is 14.1. The zero-order valence-electron chi connectivity index (χ0n) is 22.8. The number of hydrogen-bond donors (Lipinski definition) is 2. The molecule has 0 fully saturated rings. The van der Waals surface area contributed by atoms with Crippen molar-refractivity contribution >= 4 is 52.2 Å². The lowest BCUT2D eigenvalue weighted by molar-refractivity contribution is -0.147. The Morgan fingerprint density at radius 2 is 1.60 bits per heavy atom. The Morgan fingerprint density at radius 3 is 2.20 bits per heavy atom. The van der Waals surface area contributed by atoms with Gasteiger partial charge in [-0.1, -0.05) is 23.2 Å². The molecule has 1 amide bonds. The van der Waals surface area contributed by atoms with Crippen LogP contribution < -0.4 is 15.0 Å². The molecule has 0 spiro atoms. The van der Waals surface area contributed by atoms with Crippen molar-refractivity contribution in [3.8, 4) is 5.75 Å². The van der Waals surface area contributed by atoms with Crippen LogP contribution in [0.4, 0.5) is 11.4 Å². The van der Waals surface area contributed by atoms with Crippen molar-refractivity contribution in [1.29, 1.82) is 0 Å². The van der Waals surface area contributed by atoms with Gasteiger partial charge in [0.2, 0.25) is 5.91 Å². The van der Waals surface area contributed by atoms with E-state index in [0.29, 0.717) is 33.5 Å². The molecule has 7 nitrogen and oxygen atoms in total. The Kier molecular flexibility index (Phi) is 8.76. The number of carboxylic acid groups (broad SMARTS) is 1. The van der Waals surface area contributed by atoms with Crippen molar-refractivity contribution in [2.24, 2.45) is 11.3 Å². The second kappa shape index (κ2) is 11.9. The standard InChI is InChI=1S/C31H32Cl2N2O5/c1-18-27(29(37)20-5-12-24(13-6-20)40-16-15-31(3,4)30(38)39)28(25-17-22(33)9-14-26(25)34-18)35(19(2)36)23-10-7-21(32)8-11-23/h5-14,17-18,27-28,34H,15-16H2,1-4H3,(H,38,39)/t18-,27?,28-/m0/s1. The second-order valence-corrected chi connectivity index (χ2v) is 11.5. The van der Waals surface area contributed by atoms with Crippen LogP contribution in [0.15, 0.2) is 66.7 Å². The summed E-state index contributed by atoms with van der Waals surface area (Å²) in [6.45, 7) is 6.93. The summed E-state index contributed by atoms with van der Waals surface area (Å²) in [4.78, 5) is 40.3. The van der Waals surface area contributed by atoms with Crippen LogP contribution in [0.5, 0.6) is 5.75 Å². The summed E-state index contributed by atoms with van der Waals surface area (Å²) in [5.41, 5.74) is 1.73. The summed E-state index contributed by atoms with van der Waals surface area (Å²) in [5.74, 6) is -1.36. The van der Waals surface area contributed by atoms with Crippen LogP contribution in [0.1, 0.15) is 56.1 Å². The molecule has 4 rings (SSSR count). The number of carboxylic acids is 1. The molecule has 1 aliphatic rings. The van der Waals surface area contributed by atoms with Gasteiger partial charge in [0.05, 0.1) is 24.0 Å². The van der Waals surface area contributed by atoms with E-state index in [1.807, 2.05) is 13.0 Å². The topological polar surface area (TPSA) is 95.9 Å². The van der Waals surface area contributed by atoms with Crippen LogP contribution in [0.2, 0.25) is 10.0 Å². The fraction of sp³-hybridized carbons (Fsp3) is 0.323. The van der Waals surface area contributed by atoms with Crippen LogP contribution >= 0.6 is 23.2 Å². The van der Waals surface area contributed by atoms with Crippen molar-refractivity contribution in [3.05, 3.63) is 87.9 Å². The molecule has 0 aromatic heterocycles. The second-order valence-electron chi connectivity index (χ2n) is 10.7. The number of hydrogen-bond acceptors (Lipinski definition) is 5. The Balaban J connectivity index is 1.67. The van der Waals surface area contributed by atoms with Crippen LogP contribution in [0, 0.1) is 11.3 Å². The summed E-state index contributed by atoms with van der Waals surface area (Å²) in [7, 11) is 0. The summed E-state index contributed by atoms with van der Waals surface area (Å²) in [6.07, 6.45) is 0.337. The fourth-order valence-electron chi connectivity index (χ4n) is 4.96. The first kappa shape index (κ1) is 29.4. The number of ketones is 1. The van der Waals surface area contributed by atoms with Crippen molar-refractivity contribution in [2.75, 3.05) is 16.8 Å². The maximum Gasteiger partial charge on any atom is 0.309 e. The third kappa shape index (κ3) is 6.26. The Morgan fingerprint density at radius 1 is 0.975 bits per heavy atom. The third-order valence-corrected chi connectivity index (χ3v) is 7.82. The largest absolute Gasteiger partial charge is 0.494 e. The number of fused-ring (bicyclic) bond motifs is 1. The van der Waals surface area contributed by atoms with E-state index >= 15 is 0 Å². The molecule has 40 heavy (non-hydrogen) atoms. The molecular weight excluding hydrogens is 551 g/mol. The Bertz CT molecular complexity index is 1410. The monoisotopic (exact) mass is 582 g/mol. The lowest BCUT2D eigenvalue weighted by Crippen LogP contribution is -2.49. The number of nitrogens with zero attached hydrogens (tertiary/aromatic N) is 1. The van der Waals surface area contributed by atoms with E-state index in [2.05, 4.69) is 5.32 Å². The third-order valence-electron chi connectivity index (χ3n) is 7.33. The number of aliphatic carboxylic acids is 1. The summed E-state index contributed by atoms with van der Waals surface area (Å²) in [6, 6.07) is 18.2. The van der Waals surface area contributed by atoms with Crippen molar-refractivity contribution in [2.45, 2.75) is 46.2 Å². The minimum atomic E-state index is -0.902. The van der Waals surface area contributed by atoms with Gasteiger partial charge in [0, 0.05) is 45.5 Å². The van der Waals surface area contributed by atoms with E-state index < -0.39 is 23.3 Å². The smallest absolute Gasteiger partial charge is 0.309 e. The molecule has 1 unspecified atom stereocenters. The highest BCUT2D eigenvalue weighted by molar-refractivity contribution is 6.31. The molecule has 0 radical (unpaired) electrons. The van der Waals surface area contributed by atoms with Crippen molar-refractivity contribution in [3.63, 3.8) is 0 Å². The van der Waals surface area contributed by atoms with Gasteiger partial charge >= 0.3 is 5.97 Å². The van der Waals surface area contributed by atoms with Gasteiger partial charge in [0.1, 0.15) is 5.75 Å². The number of anilines is 2. The van der Waals surface area contributed by atoms with E-state index in [1.165, 1.54) is 6.92 Å². The first-order valence-corrected chi connectivity index (χ1v) is 13.8. The molecule has 0 aliphatic carbocycles. The Labute approximate surface area is 244 Å². The van der Waals surface area contributed by atoms with Gasteiger partial charge in [-0.25, -0.2) is 0 Å². The van der Waals surface area contributed by atoms with E-state index in [0.717, 1.165) is 11.3 Å². The summed E-state index contributed by atoms with van der Waals surface area (Å²) < 4.78 is 5.75. The van der Waals surface area contributed by atoms with Crippen LogP contribution in [0.25, 0.3) is 0 Å². The van der Waals surface area contributed by atoms with Gasteiger partial charge in [-0.3, -0.25) is 14.4 Å². The average Bonchev–Trinajstić information content (AvgIpc) is 2.90. The fourth-order valence-corrected chi connectivity index (χ4v) is 5.27. The quantitative estimate of drug-likeness (QED) is 0.257. The van der Waals surface area contributed by atoms with Crippen molar-refractivity contribution < 1.29 is 24.2 Å². The minimum absolute atomic E-state index is 0.144. The van der Waals surface area contributed by atoms with E-state index in [-0.39, 0.29) is 24.3 Å². The number of Topliss-reactive ketones (excluding diaryl/α,β-unsaturated/α-hetero) is 1. The molecule has 9 heteroatoms. The molecule has 3 aromatic rings. The number of carbonyl (C=O) groups is 3. The number of halogens is 2. The summed E-state index contributed by atoms with van der Waals surface area (Å²) in [5, 5.41) is 13.8. The number of benzene rings is 3. The van der Waals surface area contributed by atoms with Crippen molar-refractivity contribution in [1.82, 2.24) is 0 Å². The average molecular weight is 584 g/mol. The van der Waals surface area contributed by atoms with E-state index in [9.17, 15) is 19.5 Å². The maximum atomic E-state index is 14.1.